The zero-order valence-electron chi connectivity index (χ0n) is 8.54. The molecule has 2 N–H and O–H groups in total. The lowest BCUT2D eigenvalue weighted by Crippen LogP contribution is -2.26. The molecule has 0 aliphatic heterocycles. The average molecular weight is 231 g/mol. The van der Waals surface area contributed by atoms with Crippen molar-refractivity contribution >= 4 is 0 Å². The van der Waals surface area contributed by atoms with Crippen LogP contribution in [-0.2, 0) is 12.6 Å². The zero-order chi connectivity index (χ0) is 11.8. The van der Waals surface area contributed by atoms with Crippen LogP contribution in [0.5, 0.6) is 0 Å². The van der Waals surface area contributed by atoms with Gasteiger partial charge in [0.1, 0.15) is 11.5 Å². The van der Waals surface area contributed by atoms with Crippen LogP contribution in [-0.4, -0.2) is 16.0 Å². The molecule has 0 amide bonds. The summed E-state index contributed by atoms with van der Waals surface area (Å²) >= 11 is 0. The van der Waals surface area contributed by atoms with Crippen molar-refractivity contribution in [3.63, 3.8) is 0 Å². The second kappa shape index (κ2) is 4.01. The van der Waals surface area contributed by atoms with E-state index in [1.54, 1.807) is 0 Å². The third-order valence-electron chi connectivity index (χ3n) is 2.64. The molecule has 1 atom stereocenters. The lowest BCUT2D eigenvalue weighted by atomic mass is 10.1. The third kappa shape index (κ3) is 2.69. The fourth-order valence-electron chi connectivity index (χ4n) is 1.56. The second-order valence-electron chi connectivity index (χ2n) is 4.06. The van der Waals surface area contributed by atoms with Gasteiger partial charge in [0, 0.05) is 18.7 Å². The summed E-state index contributed by atoms with van der Waals surface area (Å²) in [5.41, 5.74) is 4.91. The highest BCUT2D eigenvalue weighted by atomic mass is 19.4. The smallest absolute Gasteiger partial charge is 0.327 e. The van der Waals surface area contributed by atoms with Crippen molar-refractivity contribution in [3.8, 4) is 0 Å². The molecule has 2 rings (SSSR count). The molecule has 0 aromatic carbocycles. The summed E-state index contributed by atoms with van der Waals surface area (Å²) in [6.07, 6.45) is -0.860. The maximum Gasteiger partial charge on any atom is 0.433 e. The van der Waals surface area contributed by atoms with Gasteiger partial charge in [-0.2, -0.15) is 13.2 Å². The Balaban J connectivity index is 2.09. The Morgan fingerprint density at radius 2 is 2.12 bits per heavy atom. The van der Waals surface area contributed by atoms with E-state index in [0.29, 0.717) is 12.3 Å². The second-order valence-corrected chi connectivity index (χ2v) is 4.06. The normalized spacial score (nSPS) is 18.5. The van der Waals surface area contributed by atoms with Gasteiger partial charge in [-0.15, -0.1) is 0 Å². The van der Waals surface area contributed by atoms with Crippen molar-refractivity contribution in [1.82, 2.24) is 9.97 Å². The number of hydrogen-bond donors (Lipinski definition) is 1. The van der Waals surface area contributed by atoms with Crippen LogP contribution in [0, 0.1) is 5.92 Å². The number of aromatic nitrogens is 2. The zero-order valence-corrected chi connectivity index (χ0v) is 8.54. The van der Waals surface area contributed by atoms with Crippen molar-refractivity contribution in [2.24, 2.45) is 11.7 Å². The third-order valence-corrected chi connectivity index (χ3v) is 2.64. The Kier molecular flexibility index (Phi) is 2.84. The molecule has 1 aliphatic carbocycles. The minimum absolute atomic E-state index is 0.122. The molecule has 1 saturated carbocycles. The molecular weight excluding hydrogens is 219 g/mol. The van der Waals surface area contributed by atoms with E-state index in [2.05, 4.69) is 9.97 Å². The highest BCUT2D eigenvalue weighted by molar-refractivity contribution is 5.07. The summed E-state index contributed by atoms with van der Waals surface area (Å²) in [5.74, 6) is 0.604. The number of rotatable bonds is 3. The molecule has 1 aromatic heterocycles. The van der Waals surface area contributed by atoms with Crippen LogP contribution in [0.2, 0.25) is 0 Å². The average Bonchev–Trinajstić information content (AvgIpc) is 2.99. The molecule has 1 unspecified atom stereocenters. The first-order chi connectivity index (χ1) is 7.47. The molecule has 88 valence electrons. The van der Waals surface area contributed by atoms with Crippen molar-refractivity contribution < 1.29 is 13.2 Å². The molecule has 3 nitrogen and oxygen atoms in total. The van der Waals surface area contributed by atoms with Crippen LogP contribution in [0.25, 0.3) is 0 Å². The lowest BCUT2D eigenvalue weighted by Gasteiger charge is -2.10. The fourth-order valence-corrected chi connectivity index (χ4v) is 1.56. The van der Waals surface area contributed by atoms with Gasteiger partial charge >= 0.3 is 6.18 Å². The molecule has 1 aliphatic rings. The van der Waals surface area contributed by atoms with Crippen LogP contribution in [0.4, 0.5) is 13.2 Å². The van der Waals surface area contributed by atoms with Crippen molar-refractivity contribution in [2.45, 2.75) is 31.5 Å². The fraction of sp³-hybridized carbons (Fsp3) is 0.600. The SMILES string of the molecule is NC(Cc1nccc(C(F)(F)F)n1)C1CC1. The number of halogens is 3. The molecule has 16 heavy (non-hydrogen) atoms. The molecule has 0 saturated heterocycles. The van der Waals surface area contributed by atoms with Gasteiger partial charge in [0.2, 0.25) is 0 Å². The van der Waals surface area contributed by atoms with Gasteiger partial charge < -0.3 is 5.73 Å². The Morgan fingerprint density at radius 1 is 1.44 bits per heavy atom. The molecule has 6 heteroatoms. The van der Waals surface area contributed by atoms with Crippen LogP contribution in [0.15, 0.2) is 12.3 Å². The first kappa shape index (κ1) is 11.3. The van der Waals surface area contributed by atoms with Gasteiger partial charge in [-0.1, -0.05) is 0 Å². The highest BCUT2D eigenvalue weighted by Crippen LogP contribution is 2.33. The number of alkyl halides is 3. The van der Waals surface area contributed by atoms with Gasteiger partial charge in [-0.3, -0.25) is 0 Å². The van der Waals surface area contributed by atoms with Crippen molar-refractivity contribution in [2.75, 3.05) is 0 Å². The van der Waals surface area contributed by atoms with Gasteiger partial charge in [0.05, 0.1) is 0 Å². The predicted octanol–water partition coefficient (Wildman–Crippen LogP) is 1.78. The lowest BCUT2D eigenvalue weighted by molar-refractivity contribution is -0.141. The molecule has 1 aromatic rings. The monoisotopic (exact) mass is 231 g/mol. The van der Waals surface area contributed by atoms with Gasteiger partial charge in [-0.05, 0) is 24.8 Å². The number of hydrogen-bond acceptors (Lipinski definition) is 3. The summed E-state index contributed by atoms with van der Waals surface area (Å²) in [7, 11) is 0. The van der Waals surface area contributed by atoms with Gasteiger partial charge in [0.25, 0.3) is 0 Å². The molecule has 1 fully saturated rings. The first-order valence-electron chi connectivity index (χ1n) is 5.11. The predicted molar refractivity (Wildman–Crippen MR) is 51.4 cm³/mol. The minimum atomic E-state index is -4.42. The Hall–Kier alpha value is -1.17. The molecule has 0 spiro atoms. The summed E-state index contributed by atoms with van der Waals surface area (Å²) < 4.78 is 37.1. The molecule has 0 radical (unpaired) electrons. The van der Waals surface area contributed by atoms with E-state index in [9.17, 15) is 13.2 Å². The molecular formula is C10H12F3N3. The standard InChI is InChI=1S/C10H12F3N3/c11-10(12,13)8-3-4-15-9(16-8)5-7(14)6-1-2-6/h3-4,6-7H,1-2,5,14H2. The van der Waals surface area contributed by atoms with Gasteiger partial charge in [-0.25, -0.2) is 9.97 Å². The van der Waals surface area contributed by atoms with E-state index in [1.807, 2.05) is 0 Å². The number of nitrogens with two attached hydrogens (primary N) is 1. The largest absolute Gasteiger partial charge is 0.433 e. The maximum absolute atomic E-state index is 12.4. The molecule has 1 heterocycles. The summed E-state index contributed by atoms with van der Waals surface area (Å²) in [6.45, 7) is 0. The van der Waals surface area contributed by atoms with E-state index < -0.39 is 11.9 Å². The van der Waals surface area contributed by atoms with E-state index in [4.69, 9.17) is 5.73 Å². The van der Waals surface area contributed by atoms with Crippen molar-refractivity contribution in [3.05, 3.63) is 23.8 Å². The van der Waals surface area contributed by atoms with E-state index >= 15 is 0 Å². The van der Waals surface area contributed by atoms with Crippen LogP contribution < -0.4 is 5.73 Å². The topological polar surface area (TPSA) is 51.8 Å². The maximum atomic E-state index is 12.4. The minimum Gasteiger partial charge on any atom is -0.327 e. The highest BCUT2D eigenvalue weighted by Gasteiger charge is 2.33. The molecule has 0 bridgehead atoms. The first-order valence-corrected chi connectivity index (χ1v) is 5.11. The summed E-state index contributed by atoms with van der Waals surface area (Å²) in [5, 5.41) is 0. The van der Waals surface area contributed by atoms with E-state index in [-0.39, 0.29) is 11.9 Å². The van der Waals surface area contributed by atoms with Crippen molar-refractivity contribution in [1.29, 1.82) is 0 Å². The van der Waals surface area contributed by atoms with Crippen LogP contribution >= 0.6 is 0 Å². The summed E-state index contributed by atoms with van der Waals surface area (Å²) in [4.78, 5) is 7.29. The number of nitrogens with zero attached hydrogens (tertiary/aromatic N) is 2. The van der Waals surface area contributed by atoms with E-state index in [1.165, 1.54) is 0 Å². The Bertz CT molecular complexity index is 374. The Morgan fingerprint density at radius 3 is 2.69 bits per heavy atom. The Labute approximate surface area is 90.9 Å². The van der Waals surface area contributed by atoms with E-state index in [0.717, 1.165) is 25.1 Å². The van der Waals surface area contributed by atoms with Gasteiger partial charge in [0.15, 0.2) is 0 Å². The van der Waals surface area contributed by atoms with Crippen LogP contribution in [0.1, 0.15) is 24.4 Å². The summed E-state index contributed by atoms with van der Waals surface area (Å²) in [6, 6.07) is 0.745. The quantitative estimate of drug-likeness (QED) is 0.862. The van der Waals surface area contributed by atoms with Crippen LogP contribution in [0.3, 0.4) is 0 Å².